The lowest BCUT2D eigenvalue weighted by atomic mass is 9.96. The molecule has 0 heterocycles. The van der Waals surface area contributed by atoms with E-state index in [0.29, 0.717) is 6.42 Å². The van der Waals surface area contributed by atoms with E-state index in [1.54, 1.807) is 19.9 Å². The third-order valence-corrected chi connectivity index (χ3v) is 3.11. The van der Waals surface area contributed by atoms with Gasteiger partial charge in [-0.15, -0.1) is 0 Å². The van der Waals surface area contributed by atoms with Crippen LogP contribution in [0.4, 0.5) is 0 Å². The van der Waals surface area contributed by atoms with Gasteiger partial charge >= 0.3 is 0 Å². The molecular weight excluding hydrogens is 214 g/mol. The smallest absolute Gasteiger partial charge is 0.235 e. The number of isocyanates is 1. The van der Waals surface area contributed by atoms with Crippen LogP contribution in [0.3, 0.4) is 0 Å². The molecule has 0 bridgehead atoms. The first-order valence-electron chi connectivity index (χ1n) is 5.86. The third kappa shape index (κ3) is 2.82. The number of hydrogen-bond donors (Lipinski definition) is 1. The first-order valence-corrected chi connectivity index (χ1v) is 5.86. The standard InChI is InChI=1S/C14H17NO2/c1-13(2,17)9-11-3-5-12(6-4-11)14(7-8-14)15-10-16/h3-6,17H,7-9H2,1-2H3. The van der Waals surface area contributed by atoms with Gasteiger partial charge in [-0.3, -0.25) is 0 Å². The van der Waals surface area contributed by atoms with Crippen molar-refractivity contribution in [2.75, 3.05) is 0 Å². The Kier molecular flexibility index (Phi) is 2.90. The molecule has 90 valence electrons. The van der Waals surface area contributed by atoms with Crippen molar-refractivity contribution in [3.05, 3.63) is 35.4 Å². The Morgan fingerprint density at radius 3 is 2.35 bits per heavy atom. The van der Waals surface area contributed by atoms with Crippen molar-refractivity contribution in [1.29, 1.82) is 0 Å². The van der Waals surface area contributed by atoms with Crippen LogP contribution in [-0.2, 0) is 16.8 Å². The highest BCUT2D eigenvalue weighted by Gasteiger charge is 2.44. The van der Waals surface area contributed by atoms with E-state index in [1.807, 2.05) is 24.3 Å². The largest absolute Gasteiger partial charge is 0.390 e. The van der Waals surface area contributed by atoms with Crippen LogP contribution in [0, 0.1) is 0 Å². The Bertz CT molecular complexity index is 446. The summed E-state index contributed by atoms with van der Waals surface area (Å²) in [6.45, 7) is 3.58. The quantitative estimate of drug-likeness (QED) is 0.638. The highest BCUT2D eigenvalue weighted by Crippen LogP contribution is 2.49. The molecule has 1 aliphatic rings. The van der Waals surface area contributed by atoms with E-state index in [1.165, 1.54) is 0 Å². The fourth-order valence-corrected chi connectivity index (χ4v) is 2.10. The lowest BCUT2D eigenvalue weighted by Crippen LogP contribution is -2.21. The molecule has 3 nitrogen and oxygen atoms in total. The van der Waals surface area contributed by atoms with E-state index >= 15 is 0 Å². The summed E-state index contributed by atoms with van der Waals surface area (Å²) in [7, 11) is 0. The van der Waals surface area contributed by atoms with Gasteiger partial charge in [-0.2, -0.15) is 4.99 Å². The molecule has 1 saturated carbocycles. The summed E-state index contributed by atoms with van der Waals surface area (Å²) in [5.74, 6) is 0. The number of hydrogen-bond acceptors (Lipinski definition) is 3. The van der Waals surface area contributed by atoms with Crippen LogP contribution >= 0.6 is 0 Å². The Balaban J connectivity index is 2.16. The maximum Gasteiger partial charge on any atom is 0.235 e. The molecule has 1 aromatic carbocycles. The van der Waals surface area contributed by atoms with Gasteiger partial charge in [0.2, 0.25) is 6.08 Å². The molecule has 1 fully saturated rings. The molecule has 0 aliphatic heterocycles. The lowest BCUT2D eigenvalue weighted by molar-refractivity contribution is 0.0810. The van der Waals surface area contributed by atoms with E-state index in [2.05, 4.69) is 4.99 Å². The van der Waals surface area contributed by atoms with Gasteiger partial charge in [0.1, 0.15) is 0 Å². The van der Waals surface area contributed by atoms with E-state index < -0.39 is 5.60 Å². The van der Waals surface area contributed by atoms with Gasteiger partial charge < -0.3 is 5.11 Å². The van der Waals surface area contributed by atoms with Crippen LogP contribution in [0.5, 0.6) is 0 Å². The van der Waals surface area contributed by atoms with Crippen molar-refractivity contribution in [2.45, 2.75) is 44.2 Å². The van der Waals surface area contributed by atoms with E-state index in [9.17, 15) is 9.90 Å². The number of aliphatic imine (C=N–C) groups is 1. The van der Waals surface area contributed by atoms with Crippen LogP contribution < -0.4 is 0 Å². The minimum atomic E-state index is -0.695. The molecular formula is C14H17NO2. The zero-order valence-corrected chi connectivity index (χ0v) is 10.2. The van der Waals surface area contributed by atoms with Gasteiger partial charge in [-0.25, -0.2) is 4.79 Å². The predicted octanol–water partition coefficient (Wildman–Crippen LogP) is 2.32. The molecule has 1 aliphatic carbocycles. The maximum absolute atomic E-state index is 10.4. The minimum absolute atomic E-state index is 0.297. The van der Waals surface area contributed by atoms with Gasteiger partial charge in [-0.05, 0) is 37.8 Å². The molecule has 1 aromatic rings. The van der Waals surface area contributed by atoms with Crippen LogP contribution in [0.25, 0.3) is 0 Å². The van der Waals surface area contributed by atoms with Gasteiger partial charge in [-0.1, -0.05) is 24.3 Å². The summed E-state index contributed by atoms with van der Waals surface area (Å²) in [6.07, 6.45) is 4.13. The van der Waals surface area contributed by atoms with E-state index in [4.69, 9.17) is 0 Å². The second-order valence-electron chi connectivity index (χ2n) is 5.42. The molecule has 0 spiro atoms. The number of nitrogens with zero attached hydrogens (tertiary/aromatic N) is 1. The lowest BCUT2D eigenvalue weighted by Gasteiger charge is -2.17. The Labute approximate surface area is 101 Å². The zero-order valence-electron chi connectivity index (χ0n) is 10.2. The summed E-state index contributed by atoms with van der Waals surface area (Å²) in [5, 5.41) is 9.73. The highest BCUT2D eigenvalue weighted by atomic mass is 16.3. The van der Waals surface area contributed by atoms with E-state index in [0.717, 1.165) is 24.0 Å². The fraction of sp³-hybridized carbons (Fsp3) is 0.500. The molecule has 0 amide bonds. The molecule has 1 N–H and O–H groups in total. The number of benzene rings is 1. The first kappa shape index (κ1) is 12.0. The van der Waals surface area contributed by atoms with Crippen molar-refractivity contribution in [3.8, 4) is 0 Å². The van der Waals surface area contributed by atoms with Gasteiger partial charge in [0, 0.05) is 6.42 Å². The second kappa shape index (κ2) is 4.10. The topological polar surface area (TPSA) is 49.7 Å². The average Bonchev–Trinajstić information content (AvgIpc) is 2.98. The molecule has 17 heavy (non-hydrogen) atoms. The normalized spacial score (nSPS) is 17.4. The Hall–Kier alpha value is -1.44. The summed E-state index contributed by atoms with van der Waals surface area (Å²) < 4.78 is 0. The highest BCUT2D eigenvalue weighted by molar-refractivity contribution is 5.41. The molecule has 0 aromatic heterocycles. The van der Waals surface area contributed by atoms with Crippen LogP contribution in [0.2, 0.25) is 0 Å². The molecule has 0 atom stereocenters. The van der Waals surface area contributed by atoms with Crippen molar-refractivity contribution >= 4 is 6.08 Å². The average molecular weight is 231 g/mol. The van der Waals surface area contributed by atoms with E-state index in [-0.39, 0.29) is 5.54 Å². The monoisotopic (exact) mass is 231 g/mol. The van der Waals surface area contributed by atoms with Crippen molar-refractivity contribution in [2.24, 2.45) is 4.99 Å². The second-order valence-corrected chi connectivity index (χ2v) is 5.42. The molecule has 3 heteroatoms. The van der Waals surface area contributed by atoms with Gasteiger partial charge in [0.05, 0.1) is 11.1 Å². The van der Waals surface area contributed by atoms with Crippen molar-refractivity contribution in [1.82, 2.24) is 0 Å². The molecule has 0 radical (unpaired) electrons. The van der Waals surface area contributed by atoms with Crippen LogP contribution in [-0.4, -0.2) is 16.8 Å². The number of aliphatic hydroxyl groups is 1. The van der Waals surface area contributed by atoms with Crippen LogP contribution in [0.15, 0.2) is 29.3 Å². The van der Waals surface area contributed by atoms with Crippen LogP contribution in [0.1, 0.15) is 37.8 Å². The molecule has 0 saturated heterocycles. The van der Waals surface area contributed by atoms with Gasteiger partial charge in [0.15, 0.2) is 0 Å². The minimum Gasteiger partial charge on any atom is -0.390 e. The summed E-state index contributed by atoms with van der Waals surface area (Å²) in [5.41, 5.74) is 1.17. The Morgan fingerprint density at radius 2 is 1.94 bits per heavy atom. The van der Waals surface area contributed by atoms with Gasteiger partial charge in [0.25, 0.3) is 0 Å². The molecule has 2 rings (SSSR count). The SMILES string of the molecule is CC(C)(O)Cc1ccc(C2(N=C=O)CC2)cc1. The number of rotatable bonds is 4. The predicted molar refractivity (Wildman–Crippen MR) is 65.5 cm³/mol. The fourth-order valence-electron chi connectivity index (χ4n) is 2.10. The summed E-state index contributed by atoms with van der Waals surface area (Å²) >= 11 is 0. The summed E-state index contributed by atoms with van der Waals surface area (Å²) in [4.78, 5) is 14.3. The zero-order chi connectivity index (χ0) is 12.5. The maximum atomic E-state index is 10.4. The van der Waals surface area contributed by atoms with Crippen molar-refractivity contribution in [3.63, 3.8) is 0 Å². The summed E-state index contributed by atoms with van der Waals surface area (Å²) in [6, 6.07) is 7.98. The first-order chi connectivity index (χ1) is 7.95. The Morgan fingerprint density at radius 1 is 1.35 bits per heavy atom. The third-order valence-electron chi connectivity index (χ3n) is 3.11. The van der Waals surface area contributed by atoms with Crippen molar-refractivity contribution < 1.29 is 9.90 Å². The number of carbonyl (C=O) groups excluding carboxylic acids is 1. The molecule has 0 unspecified atom stereocenters.